The largest absolute Gasteiger partial charge is 0.390 e. The summed E-state index contributed by atoms with van der Waals surface area (Å²) in [6.07, 6.45) is 8.00. The van der Waals surface area contributed by atoms with Crippen LogP contribution in [0.4, 0.5) is 0 Å². The van der Waals surface area contributed by atoms with Crippen molar-refractivity contribution < 1.29 is 14.8 Å². The van der Waals surface area contributed by atoms with Gasteiger partial charge in [-0.2, -0.15) is 0 Å². The van der Waals surface area contributed by atoms with Gasteiger partial charge in [0.15, 0.2) is 0 Å². The summed E-state index contributed by atoms with van der Waals surface area (Å²) in [5.74, 6) is 2.93. The molecule has 0 amide bonds. The summed E-state index contributed by atoms with van der Waals surface area (Å²) in [5, 5.41) is 22.3. The maximum absolute atomic E-state index is 12.7. The number of halogens is 1. The van der Waals surface area contributed by atoms with Gasteiger partial charge in [-0.25, -0.2) is 0 Å². The van der Waals surface area contributed by atoms with Gasteiger partial charge in [0, 0.05) is 16.8 Å². The molecule has 0 radical (unpaired) electrons. The van der Waals surface area contributed by atoms with E-state index in [0.29, 0.717) is 41.3 Å². The van der Waals surface area contributed by atoms with E-state index in [-0.39, 0.29) is 34.5 Å². The van der Waals surface area contributed by atoms with Crippen molar-refractivity contribution in [2.45, 2.75) is 70.8 Å². The third-order valence-corrected chi connectivity index (χ3v) is 9.83. The van der Waals surface area contributed by atoms with Gasteiger partial charge in [-0.3, -0.25) is 14.9 Å². The standard InChI is InChI=1S/C22H34BrNO4/c1-21(26)7-5-15-13(10-21)3-4-17-16(15)6-8-22(2)18(19(25)11-23)9-14(20(17)22)12-24(27)28/h13-18,20,26H,3-12H2,1-2H3/t13-,14?,15+,16-,17-,18-,20+,21-,22-/m1/s1. The van der Waals surface area contributed by atoms with Crippen molar-refractivity contribution in [3.8, 4) is 0 Å². The van der Waals surface area contributed by atoms with Gasteiger partial charge < -0.3 is 5.11 Å². The van der Waals surface area contributed by atoms with Gasteiger partial charge in [-0.1, -0.05) is 22.9 Å². The number of alkyl halides is 1. The quantitative estimate of drug-likeness (QED) is 0.385. The highest BCUT2D eigenvalue weighted by Gasteiger charge is 2.62. The molecule has 0 aromatic rings. The van der Waals surface area contributed by atoms with E-state index in [1.807, 2.05) is 6.92 Å². The predicted octanol–water partition coefficient (Wildman–Crippen LogP) is 4.47. The summed E-state index contributed by atoms with van der Waals surface area (Å²) >= 11 is 3.35. The minimum atomic E-state index is -0.522. The number of carbonyl (C=O) groups is 1. The molecule has 9 atom stereocenters. The van der Waals surface area contributed by atoms with Gasteiger partial charge in [0.2, 0.25) is 6.54 Å². The topological polar surface area (TPSA) is 80.4 Å². The highest BCUT2D eigenvalue weighted by molar-refractivity contribution is 9.09. The number of nitrogens with zero attached hydrogens (tertiary/aromatic N) is 1. The van der Waals surface area contributed by atoms with E-state index in [1.165, 1.54) is 0 Å². The minimum Gasteiger partial charge on any atom is -0.390 e. The normalized spacial score (nSPS) is 50.4. The van der Waals surface area contributed by atoms with E-state index in [4.69, 9.17) is 0 Å². The van der Waals surface area contributed by atoms with Crippen LogP contribution in [0.5, 0.6) is 0 Å². The molecule has 0 aliphatic heterocycles. The molecule has 5 nitrogen and oxygen atoms in total. The molecule has 0 aromatic heterocycles. The number of fused-ring (bicyclic) bond motifs is 5. The molecule has 6 heteroatoms. The number of nitro groups is 1. The Balaban J connectivity index is 1.62. The fourth-order valence-corrected chi connectivity index (χ4v) is 8.73. The molecular weight excluding hydrogens is 422 g/mol. The van der Waals surface area contributed by atoms with Crippen molar-refractivity contribution in [3.05, 3.63) is 10.1 Å². The summed E-state index contributed by atoms with van der Waals surface area (Å²) in [6, 6.07) is 0. The maximum Gasteiger partial charge on any atom is 0.207 e. The van der Waals surface area contributed by atoms with Crippen LogP contribution in [0.15, 0.2) is 0 Å². The van der Waals surface area contributed by atoms with Crippen molar-refractivity contribution in [1.29, 1.82) is 0 Å². The van der Waals surface area contributed by atoms with Crippen molar-refractivity contribution >= 4 is 21.7 Å². The van der Waals surface area contributed by atoms with Crippen LogP contribution >= 0.6 is 15.9 Å². The summed E-state index contributed by atoms with van der Waals surface area (Å²) in [5.41, 5.74) is -0.605. The first-order chi connectivity index (χ1) is 13.2. The third kappa shape index (κ3) is 3.36. The Bertz CT molecular complexity index is 652. The lowest BCUT2D eigenvalue weighted by atomic mass is 9.48. The van der Waals surface area contributed by atoms with Crippen LogP contribution in [0, 0.1) is 57.0 Å². The maximum atomic E-state index is 12.7. The number of aliphatic hydroxyl groups is 1. The smallest absolute Gasteiger partial charge is 0.207 e. The van der Waals surface area contributed by atoms with Gasteiger partial charge in [0.1, 0.15) is 5.78 Å². The Morgan fingerprint density at radius 2 is 1.86 bits per heavy atom. The Labute approximate surface area is 176 Å². The Morgan fingerprint density at radius 3 is 2.54 bits per heavy atom. The summed E-state index contributed by atoms with van der Waals surface area (Å²) < 4.78 is 0. The summed E-state index contributed by atoms with van der Waals surface area (Å²) in [6.45, 7) is 4.25. The van der Waals surface area contributed by atoms with Gasteiger partial charge in [0.05, 0.1) is 10.9 Å². The molecular formula is C22H34BrNO4. The van der Waals surface area contributed by atoms with E-state index >= 15 is 0 Å². The molecule has 0 heterocycles. The molecule has 1 unspecified atom stereocenters. The van der Waals surface area contributed by atoms with Crippen molar-refractivity contribution in [1.82, 2.24) is 0 Å². The first kappa shape index (κ1) is 20.8. The summed E-state index contributed by atoms with van der Waals surface area (Å²) in [7, 11) is 0. The Kier molecular flexibility index (Phi) is 5.44. The molecule has 4 fully saturated rings. The fraction of sp³-hybridized carbons (Fsp3) is 0.955. The van der Waals surface area contributed by atoms with E-state index in [1.54, 1.807) is 0 Å². The summed E-state index contributed by atoms with van der Waals surface area (Å²) in [4.78, 5) is 24.0. The number of hydrogen-bond acceptors (Lipinski definition) is 4. The molecule has 28 heavy (non-hydrogen) atoms. The number of ketones is 1. The number of Topliss-reactive ketones (excluding diaryl/α,β-unsaturated/α-hetero) is 1. The molecule has 0 bridgehead atoms. The number of carbonyl (C=O) groups excluding carboxylic acids is 1. The second-order valence-corrected chi connectivity index (χ2v) is 11.4. The molecule has 158 valence electrons. The average Bonchev–Trinajstić information content (AvgIpc) is 2.91. The molecule has 1 N–H and O–H groups in total. The van der Waals surface area contributed by atoms with Crippen LogP contribution in [0.1, 0.15) is 65.2 Å². The van der Waals surface area contributed by atoms with Crippen molar-refractivity contribution in [2.24, 2.45) is 46.8 Å². The highest BCUT2D eigenvalue weighted by atomic mass is 79.9. The van der Waals surface area contributed by atoms with Crippen molar-refractivity contribution in [2.75, 3.05) is 11.9 Å². The zero-order valence-electron chi connectivity index (χ0n) is 17.1. The number of rotatable bonds is 4. The predicted molar refractivity (Wildman–Crippen MR) is 111 cm³/mol. The lowest BCUT2D eigenvalue weighted by Crippen LogP contribution is -2.52. The van der Waals surface area contributed by atoms with Crippen LogP contribution in [0.2, 0.25) is 0 Å². The van der Waals surface area contributed by atoms with Crippen LogP contribution in [-0.2, 0) is 4.79 Å². The van der Waals surface area contributed by atoms with E-state index < -0.39 is 5.60 Å². The molecule has 0 saturated heterocycles. The monoisotopic (exact) mass is 455 g/mol. The van der Waals surface area contributed by atoms with Crippen LogP contribution in [0.25, 0.3) is 0 Å². The van der Waals surface area contributed by atoms with Gasteiger partial charge >= 0.3 is 0 Å². The van der Waals surface area contributed by atoms with Gasteiger partial charge in [-0.05, 0) is 93.3 Å². The molecule has 4 aliphatic rings. The second-order valence-electron chi connectivity index (χ2n) is 10.8. The third-order valence-electron chi connectivity index (χ3n) is 9.28. The van der Waals surface area contributed by atoms with Crippen molar-refractivity contribution in [3.63, 3.8) is 0 Å². The highest BCUT2D eigenvalue weighted by Crippen LogP contribution is 2.66. The average molecular weight is 456 g/mol. The molecule has 0 spiro atoms. The fourth-order valence-electron chi connectivity index (χ4n) is 8.34. The zero-order chi connectivity index (χ0) is 20.3. The van der Waals surface area contributed by atoms with E-state index in [0.717, 1.165) is 44.9 Å². The Hall–Kier alpha value is -0.490. The second kappa shape index (κ2) is 7.33. The first-order valence-electron chi connectivity index (χ1n) is 11.1. The van der Waals surface area contributed by atoms with Gasteiger partial charge in [0.25, 0.3) is 0 Å². The SMILES string of the molecule is C[C@@]1(O)CC[C@H]2[C@H](CC[C@@H]3[C@@H]2CC[C@]2(C)[C@@H](C(=O)CBr)CC(C[N+](=O)[O-])[C@@H]32)C1. The molecule has 4 aliphatic carbocycles. The zero-order valence-corrected chi connectivity index (χ0v) is 18.7. The Morgan fingerprint density at radius 1 is 1.14 bits per heavy atom. The number of hydrogen-bond donors (Lipinski definition) is 1. The van der Waals surface area contributed by atoms with Crippen LogP contribution in [-0.4, -0.2) is 33.3 Å². The van der Waals surface area contributed by atoms with E-state index in [2.05, 4.69) is 22.9 Å². The molecule has 0 aromatic carbocycles. The van der Waals surface area contributed by atoms with Gasteiger partial charge in [-0.15, -0.1) is 0 Å². The molecule has 4 rings (SSSR count). The van der Waals surface area contributed by atoms with Crippen LogP contribution in [0.3, 0.4) is 0 Å². The first-order valence-corrected chi connectivity index (χ1v) is 12.2. The lowest BCUT2D eigenvalue weighted by Gasteiger charge is -2.57. The minimum absolute atomic E-state index is 0.0123. The van der Waals surface area contributed by atoms with E-state index in [9.17, 15) is 20.0 Å². The van der Waals surface area contributed by atoms with Crippen LogP contribution < -0.4 is 0 Å². The lowest BCUT2D eigenvalue weighted by molar-refractivity contribution is -0.490. The molecule has 4 saturated carbocycles.